The van der Waals surface area contributed by atoms with Crippen LogP contribution in [0.1, 0.15) is 88.2 Å². The summed E-state index contributed by atoms with van der Waals surface area (Å²) in [5.74, 6) is 2.41. The van der Waals surface area contributed by atoms with Crippen LogP contribution in [-0.4, -0.2) is 16.5 Å². The van der Waals surface area contributed by atoms with Crippen LogP contribution in [0.3, 0.4) is 0 Å². The van der Waals surface area contributed by atoms with Crippen LogP contribution in [0, 0.1) is 5.92 Å². The molecule has 1 aromatic carbocycles. The summed E-state index contributed by atoms with van der Waals surface area (Å²) in [6.45, 7) is 4.27. The summed E-state index contributed by atoms with van der Waals surface area (Å²) in [6, 6.07) is 4.11. The molecular weight excluding hydrogens is 300 g/mol. The highest BCUT2D eigenvalue weighted by Gasteiger charge is 2.47. The molecule has 3 heteroatoms. The van der Waals surface area contributed by atoms with Gasteiger partial charge in [-0.15, -0.1) is 0 Å². The van der Waals surface area contributed by atoms with E-state index in [9.17, 15) is 9.90 Å². The van der Waals surface area contributed by atoms with Crippen LogP contribution in [0.2, 0.25) is 0 Å². The van der Waals surface area contributed by atoms with Crippen molar-refractivity contribution in [3.63, 3.8) is 0 Å². The Kier molecular flexibility index (Phi) is 3.85. The largest absolute Gasteiger partial charge is 0.508 e. The molecule has 2 atom stereocenters. The van der Waals surface area contributed by atoms with Gasteiger partial charge in [-0.3, -0.25) is 4.79 Å². The molecule has 4 rings (SSSR count). The van der Waals surface area contributed by atoms with Crippen LogP contribution in [-0.2, 0) is 4.79 Å². The fraction of sp³-hybridized carbons (Fsp3) is 0.667. The van der Waals surface area contributed by atoms with Crippen LogP contribution < -0.4 is 4.74 Å². The Labute approximate surface area is 144 Å². The summed E-state index contributed by atoms with van der Waals surface area (Å²) in [4.78, 5) is 12.0. The maximum absolute atomic E-state index is 12.0. The monoisotopic (exact) mass is 328 g/mol. The van der Waals surface area contributed by atoms with Crippen molar-refractivity contribution >= 4 is 5.78 Å². The predicted octanol–water partition coefficient (Wildman–Crippen LogP) is 5.06. The number of Topliss-reactive ketones (excluding diaryl/α,β-unsaturated/α-hetero) is 1. The van der Waals surface area contributed by atoms with Crippen LogP contribution in [0.4, 0.5) is 0 Å². The molecule has 0 amide bonds. The van der Waals surface area contributed by atoms with Gasteiger partial charge >= 0.3 is 0 Å². The number of aromatic hydroxyl groups is 1. The zero-order valence-corrected chi connectivity index (χ0v) is 14.8. The number of fused-ring (bicyclic) bond motifs is 3. The molecule has 1 aromatic rings. The number of phenolic OH excluding ortho intramolecular Hbond substituents is 1. The highest BCUT2D eigenvalue weighted by atomic mass is 16.5. The molecule has 3 nitrogen and oxygen atoms in total. The van der Waals surface area contributed by atoms with Gasteiger partial charge in [-0.1, -0.05) is 19.3 Å². The minimum absolute atomic E-state index is 0.102. The molecule has 0 saturated heterocycles. The first-order chi connectivity index (χ1) is 11.5. The highest BCUT2D eigenvalue weighted by Crippen LogP contribution is 2.54. The smallest absolute Gasteiger partial charge is 0.133 e. The third-order valence-electron chi connectivity index (χ3n) is 6.52. The maximum atomic E-state index is 12.0. The van der Waals surface area contributed by atoms with Gasteiger partial charge in [0.25, 0.3) is 0 Å². The van der Waals surface area contributed by atoms with Gasteiger partial charge < -0.3 is 9.84 Å². The molecule has 130 valence electrons. The van der Waals surface area contributed by atoms with E-state index in [2.05, 4.69) is 19.9 Å². The first-order valence-electron chi connectivity index (χ1n) is 9.53. The maximum Gasteiger partial charge on any atom is 0.133 e. The fourth-order valence-electron chi connectivity index (χ4n) is 5.26. The van der Waals surface area contributed by atoms with Crippen molar-refractivity contribution < 1.29 is 14.6 Å². The van der Waals surface area contributed by atoms with Crippen molar-refractivity contribution in [1.29, 1.82) is 0 Å². The van der Waals surface area contributed by atoms with Gasteiger partial charge in [-0.2, -0.15) is 0 Å². The van der Waals surface area contributed by atoms with E-state index in [1.165, 1.54) is 37.7 Å². The fourth-order valence-corrected chi connectivity index (χ4v) is 5.26. The van der Waals surface area contributed by atoms with Gasteiger partial charge in [0.1, 0.15) is 22.9 Å². The summed E-state index contributed by atoms with van der Waals surface area (Å²) < 4.78 is 6.37. The highest BCUT2D eigenvalue weighted by molar-refractivity contribution is 5.81. The molecule has 1 aliphatic heterocycles. The number of benzene rings is 1. The van der Waals surface area contributed by atoms with E-state index >= 15 is 0 Å². The molecule has 0 radical (unpaired) electrons. The number of phenols is 1. The lowest BCUT2D eigenvalue weighted by atomic mass is 9.66. The minimum Gasteiger partial charge on any atom is -0.508 e. The van der Waals surface area contributed by atoms with E-state index in [0.717, 1.165) is 17.7 Å². The Balaban J connectivity index is 1.75. The molecule has 2 aliphatic carbocycles. The Hall–Kier alpha value is -1.51. The van der Waals surface area contributed by atoms with Gasteiger partial charge in [0, 0.05) is 30.2 Å². The van der Waals surface area contributed by atoms with E-state index in [1.807, 2.05) is 6.07 Å². The average Bonchev–Trinajstić information content (AvgIpc) is 2.54. The standard InChI is InChI=1S/C21H28O3/c1-21(2)17-9-8-15(22)12-16(17)20-18(23)10-14(11-19(20)24-21)13-6-4-3-5-7-13/h10-11,13,16-17,23H,3-9,12H2,1-2H3/t16-,17+/m1/s1. The normalized spacial score (nSPS) is 29.5. The molecule has 24 heavy (non-hydrogen) atoms. The van der Waals surface area contributed by atoms with Crippen molar-refractivity contribution in [2.24, 2.45) is 5.92 Å². The lowest BCUT2D eigenvalue weighted by Crippen LogP contribution is -2.47. The third kappa shape index (κ3) is 2.62. The summed E-state index contributed by atoms with van der Waals surface area (Å²) in [7, 11) is 0. The second kappa shape index (κ2) is 5.79. The Morgan fingerprint density at radius 1 is 1.12 bits per heavy atom. The van der Waals surface area contributed by atoms with Crippen molar-refractivity contribution in [2.45, 2.75) is 82.7 Å². The molecule has 1 heterocycles. The second-order valence-corrected chi connectivity index (χ2v) is 8.49. The summed E-state index contributed by atoms with van der Waals surface area (Å²) in [5, 5.41) is 10.8. The van der Waals surface area contributed by atoms with Crippen LogP contribution in [0.15, 0.2) is 12.1 Å². The molecule has 3 aliphatic rings. The van der Waals surface area contributed by atoms with Crippen LogP contribution >= 0.6 is 0 Å². The van der Waals surface area contributed by atoms with E-state index in [4.69, 9.17) is 4.74 Å². The molecule has 2 fully saturated rings. The number of hydrogen-bond donors (Lipinski definition) is 1. The molecule has 0 bridgehead atoms. The number of hydrogen-bond acceptors (Lipinski definition) is 3. The van der Waals surface area contributed by atoms with Crippen molar-refractivity contribution in [2.75, 3.05) is 0 Å². The Bertz CT molecular complexity index is 655. The van der Waals surface area contributed by atoms with Crippen molar-refractivity contribution in [1.82, 2.24) is 0 Å². The van der Waals surface area contributed by atoms with Gasteiger partial charge in [0.15, 0.2) is 0 Å². The van der Waals surface area contributed by atoms with Gasteiger partial charge in [0.05, 0.1) is 0 Å². The number of ketones is 1. The quantitative estimate of drug-likeness (QED) is 0.783. The number of carbonyl (C=O) groups is 1. The van der Waals surface area contributed by atoms with E-state index in [0.29, 0.717) is 36.2 Å². The molecule has 1 N–H and O–H groups in total. The van der Waals surface area contributed by atoms with Gasteiger partial charge in [0.2, 0.25) is 0 Å². The minimum atomic E-state index is -0.282. The summed E-state index contributed by atoms with van der Waals surface area (Å²) in [5.41, 5.74) is 1.81. The zero-order valence-electron chi connectivity index (χ0n) is 14.8. The Morgan fingerprint density at radius 3 is 2.62 bits per heavy atom. The number of carbonyl (C=O) groups excluding carboxylic acids is 1. The van der Waals surface area contributed by atoms with E-state index in [-0.39, 0.29) is 11.5 Å². The molecular formula is C21H28O3. The molecule has 0 unspecified atom stereocenters. The van der Waals surface area contributed by atoms with Gasteiger partial charge in [-0.25, -0.2) is 0 Å². The van der Waals surface area contributed by atoms with E-state index < -0.39 is 0 Å². The Morgan fingerprint density at radius 2 is 1.88 bits per heavy atom. The first kappa shape index (κ1) is 16.0. The SMILES string of the molecule is CC1(C)Oc2cc(C3CCCCC3)cc(O)c2[C@@H]2CC(=O)CC[C@@H]21. The third-order valence-corrected chi connectivity index (χ3v) is 6.52. The summed E-state index contributed by atoms with van der Waals surface area (Å²) in [6.07, 6.45) is 8.31. The lowest BCUT2D eigenvalue weighted by Gasteiger charge is -2.47. The van der Waals surface area contributed by atoms with Crippen molar-refractivity contribution in [3.05, 3.63) is 23.3 Å². The van der Waals surface area contributed by atoms with E-state index in [1.54, 1.807) is 0 Å². The first-order valence-corrected chi connectivity index (χ1v) is 9.53. The zero-order chi connectivity index (χ0) is 16.9. The van der Waals surface area contributed by atoms with Crippen molar-refractivity contribution in [3.8, 4) is 11.5 Å². The average molecular weight is 328 g/mol. The lowest BCUT2D eigenvalue weighted by molar-refractivity contribution is -0.124. The number of rotatable bonds is 1. The summed E-state index contributed by atoms with van der Waals surface area (Å²) >= 11 is 0. The number of ether oxygens (including phenoxy) is 1. The predicted molar refractivity (Wildman–Crippen MR) is 93.7 cm³/mol. The van der Waals surface area contributed by atoms with Crippen LogP contribution in [0.5, 0.6) is 11.5 Å². The molecule has 0 spiro atoms. The van der Waals surface area contributed by atoms with Gasteiger partial charge in [-0.05, 0) is 56.7 Å². The van der Waals surface area contributed by atoms with Crippen LogP contribution in [0.25, 0.3) is 0 Å². The molecule has 2 saturated carbocycles. The molecule has 0 aromatic heterocycles. The second-order valence-electron chi connectivity index (χ2n) is 8.49. The topological polar surface area (TPSA) is 46.5 Å².